The molecule has 3 rings (SSSR count). The van der Waals surface area contributed by atoms with Crippen molar-refractivity contribution in [1.29, 1.82) is 0 Å². The molecule has 15 heavy (non-hydrogen) atoms. The fraction of sp³-hybridized carbons (Fsp3) is 0.333. The number of aromatic nitrogens is 1. The van der Waals surface area contributed by atoms with Crippen molar-refractivity contribution < 1.29 is 0 Å². The van der Waals surface area contributed by atoms with Crippen LogP contribution in [0.2, 0.25) is 0 Å². The molecule has 2 aromatic rings. The lowest BCUT2D eigenvalue weighted by Gasteiger charge is -2.19. The highest BCUT2D eigenvalue weighted by atomic mass is 32.1. The van der Waals surface area contributed by atoms with E-state index in [1.165, 1.54) is 17.5 Å². The van der Waals surface area contributed by atoms with Gasteiger partial charge in [0.2, 0.25) is 0 Å². The number of hydrogen-bond acceptors (Lipinski definition) is 3. The van der Waals surface area contributed by atoms with Gasteiger partial charge in [0.05, 0.1) is 10.2 Å². The van der Waals surface area contributed by atoms with Crippen molar-refractivity contribution in [2.75, 3.05) is 11.4 Å². The maximum atomic E-state index is 4.65. The van der Waals surface area contributed by atoms with E-state index in [9.17, 15) is 0 Å². The van der Waals surface area contributed by atoms with E-state index in [1.54, 1.807) is 11.3 Å². The van der Waals surface area contributed by atoms with Gasteiger partial charge in [-0.2, -0.15) is 0 Å². The predicted octanol–water partition coefficient (Wildman–Crippen LogP) is 3.10. The zero-order valence-electron chi connectivity index (χ0n) is 8.52. The summed E-state index contributed by atoms with van der Waals surface area (Å²) in [5.74, 6) is 0. The second kappa shape index (κ2) is 3.49. The fourth-order valence-electron chi connectivity index (χ4n) is 2.07. The molecular weight excluding hydrogens is 204 g/mol. The average molecular weight is 217 g/mol. The Morgan fingerprint density at radius 3 is 3.00 bits per heavy atom. The third-order valence-corrected chi connectivity index (χ3v) is 3.98. The van der Waals surface area contributed by atoms with Crippen LogP contribution in [0.1, 0.15) is 12.8 Å². The first-order valence-electron chi connectivity index (χ1n) is 5.30. The van der Waals surface area contributed by atoms with Crippen molar-refractivity contribution >= 4 is 26.7 Å². The second-order valence-electron chi connectivity index (χ2n) is 3.95. The maximum absolute atomic E-state index is 4.65. The van der Waals surface area contributed by atoms with Gasteiger partial charge >= 0.3 is 0 Å². The van der Waals surface area contributed by atoms with Crippen molar-refractivity contribution in [2.24, 2.45) is 0 Å². The van der Waals surface area contributed by atoms with E-state index in [-0.39, 0.29) is 0 Å². The molecule has 0 spiro atoms. The molecule has 0 N–H and O–H groups in total. The first-order chi connectivity index (χ1) is 7.34. The highest BCUT2D eigenvalue weighted by Gasteiger charge is 2.23. The molecule has 1 aromatic heterocycles. The zero-order chi connectivity index (χ0) is 10.3. The lowest BCUT2D eigenvalue weighted by Crippen LogP contribution is -2.26. The molecule has 1 aliphatic rings. The normalized spacial score (nSPS) is 21.4. The van der Waals surface area contributed by atoms with Gasteiger partial charge in [0.1, 0.15) is 0 Å². The van der Waals surface area contributed by atoms with Crippen molar-refractivity contribution in [2.45, 2.75) is 18.9 Å². The third-order valence-electron chi connectivity index (χ3n) is 2.91. The molecule has 1 aromatic carbocycles. The Balaban J connectivity index is 2.04. The summed E-state index contributed by atoms with van der Waals surface area (Å²) < 4.78 is 1.27. The summed E-state index contributed by atoms with van der Waals surface area (Å²) in [4.78, 5) is 6.97. The van der Waals surface area contributed by atoms with Crippen LogP contribution in [0.3, 0.4) is 0 Å². The van der Waals surface area contributed by atoms with Crippen LogP contribution in [0.25, 0.3) is 10.2 Å². The van der Waals surface area contributed by atoms with E-state index in [4.69, 9.17) is 0 Å². The molecule has 1 radical (unpaired) electrons. The molecule has 0 aliphatic carbocycles. The molecule has 1 aliphatic heterocycles. The van der Waals surface area contributed by atoms with Crippen LogP contribution in [0.5, 0.6) is 0 Å². The van der Waals surface area contributed by atoms with Gasteiger partial charge in [0.15, 0.2) is 5.13 Å². The Morgan fingerprint density at radius 2 is 2.27 bits per heavy atom. The molecule has 0 saturated carbocycles. The van der Waals surface area contributed by atoms with Crippen LogP contribution in [0, 0.1) is 6.92 Å². The smallest absolute Gasteiger partial charge is 0.186 e. The maximum Gasteiger partial charge on any atom is 0.186 e. The van der Waals surface area contributed by atoms with Gasteiger partial charge in [-0.05, 0) is 31.9 Å². The van der Waals surface area contributed by atoms with Gasteiger partial charge in [-0.15, -0.1) is 0 Å². The van der Waals surface area contributed by atoms with Crippen LogP contribution < -0.4 is 4.90 Å². The molecule has 1 atom stereocenters. The average Bonchev–Trinajstić information content (AvgIpc) is 2.82. The van der Waals surface area contributed by atoms with Crippen LogP contribution in [-0.2, 0) is 0 Å². The summed E-state index contributed by atoms with van der Waals surface area (Å²) in [6.07, 6.45) is 2.43. The first-order valence-corrected chi connectivity index (χ1v) is 6.11. The monoisotopic (exact) mass is 217 g/mol. The van der Waals surface area contributed by atoms with E-state index in [2.05, 4.69) is 35.0 Å². The molecule has 0 amide bonds. The Bertz CT molecular complexity index is 444. The van der Waals surface area contributed by atoms with Gasteiger partial charge in [0.25, 0.3) is 0 Å². The molecule has 1 saturated heterocycles. The Morgan fingerprint density at radius 1 is 1.40 bits per heavy atom. The lowest BCUT2D eigenvalue weighted by molar-refractivity contribution is 0.800. The minimum Gasteiger partial charge on any atom is -0.345 e. The summed E-state index contributed by atoms with van der Waals surface area (Å²) in [7, 11) is 0. The van der Waals surface area contributed by atoms with Gasteiger partial charge in [-0.3, -0.25) is 0 Å². The highest BCUT2D eigenvalue weighted by Crippen LogP contribution is 2.32. The molecule has 0 bridgehead atoms. The number of para-hydroxylation sites is 1. The first kappa shape index (κ1) is 9.16. The van der Waals surface area contributed by atoms with E-state index in [0.717, 1.165) is 17.2 Å². The number of nitrogens with zero attached hydrogens (tertiary/aromatic N) is 2. The number of rotatable bonds is 1. The summed E-state index contributed by atoms with van der Waals surface area (Å²) in [6, 6.07) is 8.72. The van der Waals surface area contributed by atoms with Crippen LogP contribution in [0.4, 0.5) is 5.13 Å². The summed E-state index contributed by atoms with van der Waals surface area (Å²) in [5, 5.41) is 1.13. The van der Waals surface area contributed by atoms with E-state index in [0.29, 0.717) is 6.04 Å². The van der Waals surface area contributed by atoms with Crippen molar-refractivity contribution in [3.63, 3.8) is 0 Å². The number of anilines is 1. The molecule has 77 valence electrons. The quantitative estimate of drug-likeness (QED) is 0.729. The largest absolute Gasteiger partial charge is 0.345 e. The van der Waals surface area contributed by atoms with Crippen molar-refractivity contribution in [1.82, 2.24) is 4.98 Å². The van der Waals surface area contributed by atoms with Crippen LogP contribution >= 0.6 is 11.3 Å². The SMILES string of the molecule is [CH2]C1CCCN1c1nc2ccccc2s1. The highest BCUT2D eigenvalue weighted by molar-refractivity contribution is 7.22. The Labute approximate surface area is 93.6 Å². The zero-order valence-corrected chi connectivity index (χ0v) is 9.33. The summed E-state index contributed by atoms with van der Waals surface area (Å²) in [6.45, 7) is 5.26. The Hall–Kier alpha value is -1.09. The number of thiazole rings is 1. The topological polar surface area (TPSA) is 16.1 Å². The summed E-state index contributed by atoms with van der Waals surface area (Å²) >= 11 is 1.77. The minimum atomic E-state index is 0.408. The molecule has 2 heterocycles. The van der Waals surface area contributed by atoms with E-state index < -0.39 is 0 Å². The molecule has 1 fully saturated rings. The minimum absolute atomic E-state index is 0.408. The second-order valence-corrected chi connectivity index (χ2v) is 4.96. The number of hydrogen-bond donors (Lipinski definition) is 0. The van der Waals surface area contributed by atoms with E-state index in [1.807, 2.05) is 6.07 Å². The van der Waals surface area contributed by atoms with Gasteiger partial charge < -0.3 is 4.90 Å². The third kappa shape index (κ3) is 1.51. The predicted molar refractivity (Wildman–Crippen MR) is 65.3 cm³/mol. The van der Waals surface area contributed by atoms with Crippen LogP contribution in [-0.4, -0.2) is 17.6 Å². The molecule has 2 nitrogen and oxygen atoms in total. The van der Waals surface area contributed by atoms with Gasteiger partial charge in [-0.1, -0.05) is 23.5 Å². The van der Waals surface area contributed by atoms with E-state index >= 15 is 0 Å². The van der Waals surface area contributed by atoms with Crippen molar-refractivity contribution in [3.8, 4) is 0 Å². The lowest BCUT2D eigenvalue weighted by atomic mass is 10.2. The van der Waals surface area contributed by atoms with Crippen molar-refractivity contribution in [3.05, 3.63) is 31.2 Å². The fourth-order valence-corrected chi connectivity index (χ4v) is 3.13. The number of benzene rings is 1. The number of fused-ring (bicyclic) bond motifs is 1. The van der Waals surface area contributed by atoms with Crippen LogP contribution in [0.15, 0.2) is 24.3 Å². The van der Waals surface area contributed by atoms with Gasteiger partial charge in [-0.25, -0.2) is 4.98 Å². The molecule has 1 unspecified atom stereocenters. The molecular formula is C12H13N2S. The standard InChI is InChI=1S/C12H13N2S/c1-9-5-4-8-14(9)12-13-10-6-2-3-7-11(10)15-12/h2-3,6-7,9H,1,4-5,8H2. The summed E-state index contributed by atoms with van der Waals surface area (Å²) in [5.41, 5.74) is 1.11. The Kier molecular flexibility index (Phi) is 2.13. The molecule has 3 heteroatoms. The van der Waals surface area contributed by atoms with Gasteiger partial charge in [0, 0.05) is 12.6 Å².